The first-order valence-corrected chi connectivity index (χ1v) is 5.76. The summed E-state index contributed by atoms with van der Waals surface area (Å²) in [6.45, 7) is 0. The van der Waals surface area contributed by atoms with Crippen LogP contribution < -0.4 is 5.32 Å². The van der Waals surface area contributed by atoms with Crippen LogP contribution in [0.3, 0.4) is 0 Å². The highest BCUT2D eigenvalue weighted by molar-refractivity contribution is 6.03. The number of ether oxygens (including phenoxy) is 1. The van der Waals surface area contributed by atoms with E-state index in [1.54, 1.807) is 7.05 Å². The summed E-state index contributed by atoms with van der Waals surface area (Å²) in [5.74, 6) is -4.01. The summed E-state index contributed by atoms with van der Waals surface area (Å²) in [7, 11) is 2.64. The lowest BCUT2D eigenvalue weighted by atomic mass is 10.0. The zero-order valence-electron chi connectivity index (χ0n) is 11.2. The van der Waals surface area contributed by atoms with Crippen LogP contribution in [0.4, 0.5) is 13.2 Å². The van der Waals surface area contributed by atoms with Crippen molar-refractivity contribution in [3.8, 4) is 0 Å². The van der Waals surface area contributed by atoms with Gasteiger partial charge in [0.1, 0.15) is 6.04 Å². The molecule has 116 valence electrons. The van der Waals surface area contributed by atoms with Gasteiger partial charge in [0, 0.05) is 25.0 Å². The predicted molar refractivity (Wildman–Crippen MR) is 64.4 cm³/mol. The summed E-state index contributed by atoms with van der Waals surface area (Å²) in [4.78, 5) is 34.2. The highest BCUT2D eigenvalue weighted by Gasteiger charge is 2.41. The predicted octanol–water partition coefficient (Wildman–Crippen LogP) is 0.818. The number of hydrogen-bond acceptors (Lipinski definition) is 4. The smallest absolute Gasteiger partial charge is 0.469 e. The van der Waals surface area contributed by atoms with Crippen molar-refractivity contribution in [1.82, 2.24) is 9.88 Å². The van der Waals surface area contributed by atoms with Gasteiger partial charge >= 0.3 is 18.1 Å². The zero-order chi connectivity index (χ0) is 16.2. The lowest BCUT2D eigenvalue weighted by Crippen LogP contribution is -2.47. The molecule has 1 rings (SSSR count). The molecule has 21 heavy (non-hydrogen) atoms. The average Bonchev–Trinajstić information content (AvgIpc) is 2.82. The molecule has 1 amide bonds. The van der Waals surface area contributed by atoms with E-state index in [9.17, 15) is 27.6 Å². The summed E-state index contributed by atoms with van der Waals surface area (Å²) in [6, 6.07) is -0.277. The summed E-state index contributed by atoms with van der Waals surface area (Å²) in [5, 5.41) is 1.51. The molecule has 1 atom stereocenters. The van der Waals surface area contributed by atoms with Gasteiger partial charge in [-0.25, -0.2) is 0 Å². The summed E-state index contributed by atoms with van der Waals surface area (Å²) in [5.41, 5.74) is 0.0777. The minimum absolute atomic E-state index is 0.0777. The third-order valence-corrected chi connectivity index (χ3v) is 2.59. The summed E-state index contributed by atoms with van der Waals surface area (Å²) >= 11 is 0. The van der Waals surface area contributed by atoms with E-state index in [1.807, 2.05) is 0 Å². The molecule has 0 spiro atoms. The van der Waals surface area contributed by atoms with Crippen molar-refractivity contribution in [1.29, 1.82) is 0 Å². The maximum Gasteiger partial charge on any atom is 0.471 e. The number of nitrogens with zero attached hydrogens (tertiary/aromatic N) is 1. The second-order valence-electron chi connectivity index (χ2n) is 4.23. The standard InChI is InChI=1S/C12H13F3N2O4/c1-17-4-3-7(6-17)10(19)8(5-9(18)21-2)16-11(20)12(13,14)15/h3-4,6,8H,5H2,1-2H3,(H,16,20)/t8-/m0/s1. The molecule has 0 fully saturated rings. The van der Waals surface area contributed by atoms with Gasteiger partial charge in [0.25, 0.3) is 0 Å². The SMILES string of the molecule is COC(=O)C[C@H](NC(=O)C(F)(F)F)C(=O)c1ccn(C)c1. The van der Waals surface area contributed by atoms with Gasteiger partial charge in [-0.05, 0) is 6.07 Å². The Morgan fingerprint density at radius 1 is 1.38 bits per heavy atom. The van der Waals surface area contributed by atoms with Crippen molar-refractivity contribution < 1.29 is 32.3 Å². The minimum Gasteiger partial charge on any atom is -0.469 e. The highest BCUT2D eigenvalue weighted by Crippen LogP contribution is 2.16. The van der Waals surface area contributed by atoms with Crippen LogP contribution in [0.15, 0.2) is 18.5 Å². The van der Waals surface area contributed by atoms with Crippen molar-refractivity contribution in [2.24, 2.45) is 7.05 Å². The fourth-order valence-corrected chi connectivity index (χ4v) is 1.55. The van der Waals surface area contributed by atoms with Gasteiger partial charge < -0.3 is 14.6 Å². The molecule has 0 unspecified atom stereocenters. The third-order valence-electron chi connectivity index (χ3n) is 2.59. The first-order chi connectivity index (χ1) is 9.65. The Labute approximate surface area is 117 Å². The number of Topliss-reactive ketones (excluding diaryl/α,β-unsaturated/α-hetero) is 1. The second kappa shape index (κ2) is 6.42. The van der Waals surface area contributed by atoms with Gasteiger partial charge in [-0.15, -0.1) is 0 Å². The Kier molecular flexibility index (Phi) is 5.12. The Hall–Kier alpha value is -2.32. The van der Waals surface area contributed by atoms with Gasteiger partial charge in [-0.1, -0.05) is 0 Å². The number of methoxy groups -OCH3 is 1. The number of esters is 1. The van der Waals surface area contributed by atoms with Crippen molar-refractivity contribution >= 4 is 17.7 Å². The van der Waals surface area contributed by atoms with Crippen molar-refractivity contribution in [3.63, 3.8) is 0 Å². The van der Waals surface area contributed by atoms with E-state index in [-0.39, 0.29) is 5.56 Å². The molecule has 0 aliphatic carbocycles. The number of amides is 1. The molecule has 1 N–H and O–H groups in total. The molecule has 1 heterocycles. The molecular formula is C12H13F3N2O4. The number of alkyl halides is 3. The normalized spacial score (nSPS) is 12.6. The summed E-state index contributed by atoms with van der Waals surface area (Å²) in [6.07, 6.45) is -2.96. The van der Waals surface area contributed by atoms with Gasteiger partial charge in [0.2, 0.25) is 0 Å². The lowest BCUT2D eigenvalue weighted by molar-refractivity contribution is -0.174. The van der Waals surface area contributed by atoms with E-state index in [4.69, 9.17) is 0 Å². The fourth-order valence-electron chi connectivity index (χ4n) is 1.55. The molecule has 1 aromatic rings. The molecule has 0 bridgehead atoms. The van der Waals surface area contributed by atoms with Gasteiger partial charge in [0.15, 0.2) is 5.78 Å². The number of carbonyl (C=O) groups excluding carboxylic acids is 3. The van der Waals surface area contributed by atoms with E-state index in [0.717, 1.165) is 7.11 Å². The van der Waals surface area contributed by atoms with Crippen LogP contribution >= 0.6 is 0 Å². The number of carbonyl (C=O) groups is 3. The average molecular weight is 306 g/mol. The molecular weight excluding hydrogens is 293 g/mol. The van der Waals surface area contributed by atoms with E-state index in [1.165, 1.54) is 28.3 Å². The van der Waals surface area contributed by atoms with Gasteiger partial charge in [0.05, 0.1) is 13.5 Å². The van der Waals surface area contributed by atoms with E-state index < -0.39 is 36.3 Å². The molecule has 1 aromatic heterocycles. The molecule has 0 aromatic carbocycles. The molecule has 0 radical (unpaired) electrons. The van der Waals surface area contributed by atoms with Crippen LogP contribution in [0.25, 0.3) is 0 Å². The van der Waals surface area contributed by atoms with Crippen LogP contribution in [-0.4, -0.2) is 41.6 Å². The number of halogens is 3. The van der Waals surface area contributed by atoms with Crippen molar-refractivity contribution in [2.45, 2.75) is 18.6 Å². The van der Waals surface area contributed by atoms with Gasteiger partial charge in [-0.2, -0.15) is 13.2 Å². The highest BCUT2D eigenvalue weighted by atomic mass is 19.4. The molecule has 0 aliphatic heterocycles. The number of aryl methyl sites for hydroxylation is 1. The largest absolute Gasteiger partial charge is 0.471 e. The van der Waals surface area contributed by atoms with Crippen LogP contribution in [0.2, 0.25) is 0 Å². The summed E-state index contributed by atoms with van der Waals surface area (Å²) < 4.78 is 42.6. The lowest BCUT2D eigenvalue weighted by Gasteiger charge is -2.17. The fraction of sp³-hybridized carbons (Fsp3) is 0.417. The molecule has 0 saturated heterocycles. The van der Waals surface area contributed by atoms with E-state index in [0.29, 0.717) is 0 Å². The molecule has 0 aliphatic rings. The minimum atomic E-state index is -5.15. The first kappa shape index (κ1) is 16.7. The monoisotopic (exact) mass is 306 g/mol. The third kappa shape index (κ3) is 4.62. The van der Waals surface area contributed by atoms with E-state index >= 15 is 0 Å². The number of aromatic nitrogens is 1. The number of rotatable bonds is 5. The van der Waals surface area contributed by atoms with E-state index in [2.05, 4.69) is 4.74 Å². The Morgan fingerprint density at radius 3 is 2.43 bits per heavy atom. The second-order valence-corrected chi connectivity index (χ2v) is 4.23. The Balaban J connectivity index is 2.94. The van der Waals surface area contributed by atoms with Crippen LogP contribution in [0.5, 0.6) is 0 Å². The first-order valence-electron chi connectivity index (χ1n) is 5.76. The number of hydrogen-bond donors (Lipinski definition) is 1. The Morgan fingerprint density at radius 2 is 2.00 bits per heavy atom. The molecule has 6 nitrogen and oxygen atoms in total. The quantitative estimate of drug-likeness (QED) is 0.645. The van der Waals surface area contributed by atoms with Crippen molar-refractivity contribution in [2.75, 3.05) is 7.11 Å². The van der Waals surface area contributed by atoms with Crippen LogP contribution in [0.1, 0.15) is 16.8 Å². The molecule has 0 saturated carbocycles. The van der Waals surface area contributed by atoms with Gasteiger partial charge in [-0.3, -0.25) is 14.4 Å². The van der Waals surface area contributed by atoms with Crippen LogP contribution in [-0.2, 0) is 21.4 Å². The Bertz CT molecular complexity index is 551. The van der Waals surface area contributed by atoms with Crippen molar-refractivity contribution in [3.05, 3.63) is 24.0 Å². The molecule has 9 heteroatoms. The maximum atomic E-state index is 12.3. The maximum absolute atomic E-state index is 12.3. The zero-order valence-corrected chi connectivity index (χ0v) is 11.2. The number of nitrogens with one attached hydrogen (secondary N) is 1. The number of ketones is 1. The topological polar surface area (TPSA) is 77.4 Å². The van der Waals surface area contributed by atoms with Crippen LogP contribution in [0, 0.1) is 0 Å².